The van der Waals surface area contributed by atoms with Crippen LogP contribution in [0.25, 0.3) is 0 Å². The Labute approximate surface area is 636 Å². The molecule has 21 heavy (non-hydrogen) atoms. The van der Waals surface area contributed by atoms with Crippen LogP contribution < -0.4 is 0 Å². The maximum Gasteiger partial charge on any atom is 0 e. The Bertz CT molecular complexity index is 5.80. The molecule has 0 aliphatic heterocycles. The molecule has 20 radical (unpaired) electrons. The van der Waals surface area contributed by atoms with Gasteiger partial charge in [-0.25, -0.2) is 0 Å². The molecule has 0 N–H and O–H groups in total. The van der Waals surface area contributed by atoms with E-state index in [0.717, 1.165) is 0 Å². The van der Waals surface area contributed by atoms with E-state index in [-0.39, 0.29) is 662 Å². The molecular weight excluding hydrogens is 1790 g/mol. The predicted octanol–water partition coefficient (Wildman–Crippen LogP) is 0.400. The summed E-state index contributed by atoms with van der Waals surface area (Å²) in [4.78, 5) is 0. The third-order valence-electron chi connectivity index (χ3n) is 0. The van der Waals surface area contributed by atoms with Gasteiger partial charge in [-0.2, -0.15) is 0 Å². The van der Waals surface area contributed by atoms with Gasteiger partial charge in [-0.1, -0.05) is 0 Å². The van der Waals surface area contributed by atoms with Crippen LogP contribution in [0.2, 0.25) is 0 Å². The van der Waals surface area contributed by atoms with Crippen LogP contribution in [-0.2, 0) is 654 Å². The van der Waals surface area contributed by atoms with Crippen LogP contribution in [-0.4, -0.2) is 0 Å². The SMILES string of the molecule is [CH3-].[Y].[Y].[Y].[Y].[Y].[Y].[Y].[Y].[Y].[Y].[Y].[Y].[Y].[Y].[Y].[Y].[Y].[Y].[Y].[Y]. The largest absolute Gasteiger partial charge is 0.358 e. The van der Waals surface area contributed by atoms with E-state index in [4.69, 9.17) is 0 Å². The molecule has 0 aliphatic rings. The summed E-state index contributed by atoms with van der Waals surface area (Å²) >= 11 is 0. The monoisotopic (exact) mass is 1790 g/mol. The van der Waals surface area contributed by atoms with Gasteiger partial charge < -0.3 is 7.43 Å². The molecule has 0 nitrogen and oxygen atoms in total. The molecule has 0 fully saturated rings. The van der Waals surface area contributed by atoms with Gasteiger partial charge in [0, 0.05) is 654 Å². The van der Waals surface area contributed by atoms with Gasteiger partial charge in [0.2, 0.25) is 0 Å². The summed E-state index contributed by atoms with van der Waals surface area (Å²) in [5.41, 5.74) is 0. The molecule has 0 bridgehead atoms. The molecule has 68 valence electrons. The van der Waals surface area contributed by atoms with E-state index in [9.17, 15) is 0 Å². The van der Waals surface area contributed by atoms with Crippen molar-refractivity contribution in [3.63, 3.8) is 0 Å². The van der Waals surface area contributed by atoms with Crippen molar-refractivity contribution in [3.05, 3.63) is 7.43 Å². The molecule has 0 heterocycles. The topological polar surface area (TPSA) is 0 Å². The zero-order chi connectivity index (χ0) is 0. The summed E-state index contributed by atoms with van der Waals surface area (Å²) in [6, 6.07) is 0. The minimum Gasteiger partial charge on any atom is -0.358 e. The minimum absolute atomic E-state index is 0. The van der Waals surface area contributed by atoms with Gasteiger partial charge in [0.15, 0.2) is 0 Å². The van der Waals surface area contributed by atoms with Gasteiger partial charge >= 0.3 is 0 Å². The number of hydrogen-bond donors (Lipinski definition) is 0. The fourth-order valence-corrected chi connectivity index (χ4v) is 0. The van der Waals surface area contributed by atoms with Crippen molar-refractivity contribution in [3.8, 4) is 0 Å². The predicted molar refractivity (Wildman–Crippen MR) is 6.41 cm³/mol. The van der Waals surface area contributed by atoms with Crippen LogP contribution in [0, 0.1) is 7.43 Å². The molecule has 20 heteroatoms. The Hall–Kier alpha value is 22.1. The molecule has 0 saturated heterocycles. The summed E-state index contributed by atoms with van der Waals surface area (Å²) in [7, 11) is 0. The second-order valence-corrected chi connectivity index (χ2v) is 0. The second-order valence-electron chi connectivity index (χ2n) is 0. The molecule has 0 aromatic carbocycles. The van der Waals surface area contributed by atoms with E-state index in [0.29, 0.717) is 0 Å². The average molecular weight is 1790 g/mol. The van der Waals surface area contributed by atoms with E-state index in [1.54, 1.807) is 0 Å². The first-order valence-corrected chi connectivity index (χ1v) is 0. The quantitative estimate of drug-likeness (QED) is 0.309. The summed E-state index contributed by atoms with van der Waals surface area (Å²) in [5, 5.41) is 0. The van der Waals surface area contributed by atoms with E-state index in [2.05, 4.69) is 0 Å². The first-order chi connectivity index (χ1) is 0. The Morgan fingerprint density at radius 2 is 0.0952 bits per heavy atom. The summed E-state index contributed by atoms with van der Waals surface area (Å²) < 4.78 is 0. The normalized spacial score (nSPS) is 0. The van der Waals surface area contributed by atoms with E-state index < -0.39 is 0 Å². The van der Waals surface area contributed by atoms with Crippen molar-refractivity contribution < 1.29 is 654 Å². The summed E-state index contributed by atoms with van der Waals surface area (Å²) in [5.74, 6) is 0. The Morgan fingerprint density at radius 3 is 0.0952 bits per heavy atom. The smallest absolute Gasteiger partial charge is 0 e. The second kappa shape index (κ2) is 146. The van der Waals surface area contributed by atoms with Gasteiger partial charge in [-0.15, -0.1) is 0 Å². The maximum absolute atomic E-state index is 0. The molecule has 0 unspecified atom stereocenters. The van der Waals surface area contributed by atoms with Crippen LogP contribution in [0.4, 0.5) is 0 Å². The number of rotatable bonds is 0. The molecule has 0 rings (SSSR count). The standard InChI is InChI=1S/CH3.20Y/h1H3;;;;;;;;;;;;;;;;;;;;/q-1;;;;;;;;;;;;;;;;;;;;. The fourth-order valence-electron chi connectivity index (χ4n) is 0. The van der Waals surface area contributed by atoms with Crippen molar-refractivity contribution in [2.45, 2.75) is 0 Å². The maximum atomic E-state index is 0. The van der Waals surface area contributed by atoms with Crippen LogP contribution in [0.1, 0.15) is 0 Å². The van der Waals surface area contributed by atoms with Crippen LogP contribution in [0.3, 0.4) is 0 Å². The number of hydrogen-bond acceptors (Lipinski definition) is 0. The zero-order valence-corrected chi connectivity index (χ0v) is 69.3. The van der Waals surface area contributed by atoms with Crippen molar-refractivity contribution in [2.75, 3.05) is 0 Å². The van der Waals surface area contributed by atoms with Gasteiger partial charge in [0.25, 0.3) is 0 Å². The third kappa shape index (κ3) is 139. The van der Waals surface area contributed by atoms with Gasteiger partial charge in [-0.3, -0.25) is 0 Å². The Morgan fingerprint density at radius 1 is 0.0952 bits per heavy atom. The molecule has 0 atom stereocenters. The molecule has 0 aliphatic carbocycles. The van der Waals surface area contributed by atoms with Crippen molar-refractivity contribution >= 4 is 0 Å². The molecular formula is CH3Y20-. The first kappa shape index (κ1) is 156. The molecule has 0 aromatic heterocycles. The minimum atomic E-state index is 0. The average Bonchev–Trinajstić information content (AvgIpc) is 0. The van der Waals surface area contributed by atoms with Crippen LogP contribution in [0.5, 0.6) is 0 Å². The molecule has 0 spiro atoms. The fraction of sp³-hybridized carbons (Fsp3) is 0. The third-order valence-corrected chi connectivity index (χ3v) is 0. The van der Waals surface area contributed by atoms with Crippen LogP contribution >= 0.6 is 0 Å². The Kier molecular flexibility index (Phi) is 1090. The van der Waals surface area contributed by atoms with Gasteiger partial charge in [0.1, 0.15) is 0 Å². The van der Waals surface area contributed by atoms with Crippen molar-refractivity contribution in [1.82, 2.24) is 0 Å². The van der Waals surface area contributed by atoms with E-state index >= 15 is 0 Å². The van der Waals surface area contributed by atoms with Crippen LogP contribution in [0.15, 0.2) is 0 Å². The summed E-state index contributed by atoms with van der Waals surface area (Å²) in [6.45, 7) is 0. The van der Waals surface area contributed by atoms with E-state index in [1.165, 1.54) is 0 Å². The molecule has 0 aromatic rings. The van der Waals surface area contributed by atoms with Crippen molar-refractivity contribution in [1.29, 1.82) is 0 Å². The van der Waals surface area contributed by atoms with Crippen molar-refractivity contribution in [2.24, 2.45) is 0 Å². The first-order valence-electron chi connectivity index (χ1n) is 0. The molecule has 0 saturated carbocycles. The zero-order valence-electron chi connectivity index (χ0n) is 12.5. The van der Waals surface area contributed by atoms with Gasteiger partial charge in [0.05, 0.1) is 0 Å². The molecule has 0 amide bonds. The Balaban J connectivity index is 0. The summed E-state index contributed by atoms with van der Waals surface area (Å²) in [6.07, 6.45) is 0. The van der Waals surface area contributed by atoms with E-state index in [1.807, 2.05) is 0 Å². The van der Waals surface area contributed by atoms with Gasteiger partial charge in [-0.05, 0) is 0 Å².